The van der Waals surface area contributed by atoms with Crippen LogP contribution in [0.2, 0.25) is 18.1 Å². The van der Waals surface area contributed by atoms with E-state index in [4.69, 9.17) is 18.6 Å². The first-order valence-corrected chi connectivity index (χ1v) is 16.6. The van der Waals surface area contributed by atoms with E-state index >= 15 is 4.39 Å². The van der Waals surface area contributed by atoms with Crippen molar-refractivity contribution in [2.24, 2.45) is 0 Å². The second kappa shape index (κ2) is 14.1. The monoisotopic (exact) mass is 527 g/mol. The van der Waals surface area contributed by atoms with E-state index < -0.39 is 14.4 Å². The van der Waals surface area contributed by atoms with Gasteiger partial charge in [0.1, 0.15) is 11.9 Å². The fraction of sp³-hybridized carbons (Fsp3) is 0.741. The average Bonchev–Trinajstić information content (AvgIpc) is 3.19. The van der Waals surface area contributed by atoms with E-state index in [0.29, 0.717) is 25.3 Å². The van der Waals surface area contributed by atoms with Crippen molar-refractivity contribution in [2.45, 2.75) is 110 Å². The third-order valence-corrected chi connectivity index (χ3v) is 12.0. The molecule has 2 heterocycles. The highest BCUT2D eigenvalue weighted by molar-refractivity contribution is 7.09. The maximum Gasteiger partial charge on any atom is 0.193 e. The summed E-state index contributed by atoms with van der Waals surface area (Å²) in [6.07, 6.45) is 7.40. The molecule has 1 aromatic heterocycles. The molecule has 1 aliphatic rings. The van der Waals surface area contributed by atoms with Gasteiger partial charge in [-0.25, -0.2) is 9.37 Å². The molecular weight excluding hydrogens is 481 g/mol. The summed E-state index contributed by atoms with van der Waals surface area (Å²) in [7, 11) is -2.16. The van der Waals surface area contributed by atoms with Crippen LogP contribution in [0.3, 0.4) is 0 Å². The average molecular weight is 528 g/mol. The smallest absolute Gasteiger partial charge is 0.193 e. The summed E-state index contributed by atoms with van der Waals surface area (Å²) < 4.78 is 39.2. The molecule has 1 saturated heterocycles. The lowest BCUT2D eigenvalue weighted by Gasteiger charge is -2.38. The fourth-order valence-electron chi connectivity index (χ4n) is 3.40. The minimum absolute atomic E-state index is 0.00375. The van der Waals surface area contributed by atoms with E-state index in [-0.39, 0.29) is 23.3 Å². The summed E-state index contributed by atoms with van der Waals surface area (Å²) >= 11 is 1.52. The number of hydrogen-bond donors (Lipinski definition) is 0. The minimum atomic E-state index is -2.16. The number of nitrogens with zero attached hydrogens (tertiary/aromatic N) is 1. The van der Waals surface area contributed by atoms with E-state index in [0.717, 1.165) is 42.9 Å². The molecule has 0 aliphatic carbocycles. The van der Waals surface area contributed by atoms with Gasteiger partial charge in [-0.15, -0.1) is 11.3 Å². The molecule has 0 radical (unpaired) electrons. The molecule has 0 spiro atoms. The van der Waals surface area contributed by atoms with Crippen LogP contribution in [0.15, 0.2) is 22.9 Å². The molecular formula is C27H46FNO4SSi. The first-order chi connectivity index (χ1) is 16.4. The third-order valence-electron chi connectivity index (χ3n) is 6.71. The van der Waals surface area contributed by atoms with Crippen molar-refractivity contribution in [2.75, 3.05) is 19.8 Å². The standard InChI is InChI=1S/C27H46FNO4SSi/c1-20(14-16-30-21(2)18-32-26-11-9-10-15-31-26)12-13-25(33-35(7,8)27(4,5)6)24(28)17-23-19-34-22(3)29-23/h12,17,19,21,25-26H,9-11,13-16,18H2,1-8H3/t21-,25+,26?/m1/s1. The lowest BCUT2D eigenvalue weighted by atomic mass is 10.1. The van der Waals surface area contributed by atoms with Crippen molar-refractivity contribution in [3.05, 3.63) is 33.6 Å². The quantitative estimate of drug-likeness (QED) is 0.193. The molecule has 0 saturated carbocycles. The SMILES string of the molecule is CC(=CC[C@H](O[Si](C)(C)C(C)(C)C)C(F)=Cc1csc(C)n1)CCO[C@H](C)COC1CCCCO1. The van der Waals surface area contributed by atoms with Gasteiger partial charge in [-0.05, 0) is 77.1 Å². The molecule has 1 fully saturated rings. The molecule has 0 N–H and O–H groups in total. The molecule has 35 heavy (non-hydrogen) atoms. The second-order valence-corrected chi connectivity index (χ2v) is 16.9. The predicted molar refractivity (Wildman–Crippen MR) is 146 cm³/mol. The molecule has 1 unspecified atom stereocenters. The van der Waals surface area contributed by atoms with Crippen molar-refractivity contribution in [1.82, 2.24) is 4.98 Å². The van der Waals surface area contributed by atoms with Crippen LogP contribution in [0.1, 0.15) is 77.4 Å². The van der Waals surface area contributed by atoms with Gasteiger partial charge in [-0.3, -0.25) is 0 Å². The van der Waals surface area contributed by atoms with E-state index in [2.05, 4.69) is 51.8 Å². The molecule has 1 aliphatic heterocycles. The fourth-order valence-corrected chi connectivity index (χ4v) is 5.24. The zero-order valence-corrected chi connectivity index (χ0v) is 24.8. The van der Waals surface area contributed by atoms with Gasteiger partial charge in [0.05, 0.1) is 30.0 Å². The summed E-state index contributed by atoms with van der Waals surface area (Å²) in [4.78, 5) is 4.38. The molecule has 0 amide bonds. The van der Waals surface area contributed by atoms with Gasteiger partial charge >= 0.3 is 0 Å². The summed E-state index contributed by atoms with van der Waals surface area (Å²) in [6.45, 7) is 18.8. The normalized spacial score (nSPS) is 20.2. The molecule has 5 nitrogen and oxygen atoms in total. The Labute approximate surface area is 217 Å². The Morgan fingerprint density at radius 3 is 2.69 bits per heavy atom. The molecule has 1 aromatic rings. The molecule has 2 rings (SSSR count). The second-order valence-electron chi connectivity index (χ2n) is 11.0. The Balaban J connectivity index is 1.91. The highest BCUT2D eigenvalue weighted by atomic mass is 32.1. The van der Waals surface area contributed by atoms with Crippen LogP contribution in [0, 0.1) is 6.92 Å². The number of ether oxygens (including phenoxy) is 3. The lowest BCUT2D eigenvalue weighted by molar-refractivity contribution is -0.178. The zero-order chi connectivity index (χ0) is 26.1. The van der Waals surface area contributed by atoms with Gasteiger partial charge in [0.25, 0.3) is 0 Å². The maximum absolute atomic E-state index is 15.4. The van der Waals surface area contributed by atoms with Crippen LogP contribution in [-0.4, -0.2) is 51.6 Å². The van der Waals surface area contributed by atoms with Crippen molar-refractivity contribution >= 4 is 25.7 Å². The number of halogens is 1. The van der Waals surface area contributed by atoms with Gasteiger partial charge in [-0.1, -0.05) is 32.4 Å². The Morgan fingerprint density at radius 2 is 2.09 bits per heavy atom. The van der Waals surface area contributed by atoms with Crippen LogP contribution >= 0.6 is 11.3 Å². The summed E-state index contributed by atoms with van der Waals surface area (Å²) in [5.41, 5.74) is 1.81. The van der Waals surface area contributed by atoms with Gasteiger partial charge < -0.3 is 18.6 Å². The van der Waals surface area contributed by atoms with Crippen LogP contribution < -0.4 is 0 Å². The largest absolute Gasteiger partial charge is 0.407 e. The highest BCUT2D eigenvalue weighted by Crippen LogP contribution is 2.39. The Morgan fingerprint density at radius 1 is 1.34 bits per heavy atom. The number of hydrogen-bond acceptors (Lipinski definition) is 6. The van der Waals surface area contributed by atoms with Crippen molar-refractivity contribution < 1.29 is 23.0 Å². The number of aryl methyl sites for hydroxylation is 1. The first-order valence-electron chi connectivity index (χ1n) is 12.8. The third kappa shape index (κ3) is 10.9. The van der Waals surface area contributed by atoms with E-state index in [9.17, 15) is 0 Å². The van der Waals surface area contributed by atoms with Gasteiger partial charge in [0.2, 0.25) is 0 Å². The minimum Gasteiger partial charge on any atom is -0.407 e. The van der Waals surface area contributed by atoms with Gasteiger partial charge in [-0.2, -0.15) is 0 Å². The van der Waals surface area contributed by atoms with Crippen molar-refractivity contribution in [3.8, 4) is 0 Å². The summed E-state index contributed by atoms with van der Waals surface area (Å²) in [5, 5.41) is 2.80. The van der Waals surface area contributed by atoms with Crippen LogP contribution in [0.5, 0.6) is 0 Å². The summed E-state index contributed by atoms with van der Waals surface area (Å²) in [5.74, 6) is -0.267. The number of rotatable bonds is 13. The molecule has 3 atom stereocenters. The molecule has 0 bridgehead atoms. The van der Waals surface area contributed by atoms with Crippen LogP contribution in [0.25, 0.3) is 6.08 Å². The Hall–Kier alpha value is -0.903. The zero-order valence-electron chi connectivity index (χ0n) is 23.0. The summed E-state index contributed by atoms with van der Waals surface area (Å²) in [6, 6.07) is 0. The Kier molecular flexibility index (Phi) is 12.3. The lowest BCUT2D eigenvalue weighted by Crippen LogP contribution is -2.44. The van der Waals surface area contributed by atoms with Gasteiger partial charge in [0.15, 0.2) is 14.6 Å². The topological polar surface area (TPSA) is 49.8 Å². The molecule has 200 valence electrons. The van der Waals surface area contributed by atoms with E-state index in [1.165, 1.54) is 17.4 Å². The Bertz CT molecular complexity index is 827. The van der Waals surface area contributed by atoms with E-state index in [1.54, 1.807) is 0 Å². The van der Waals surface area contributed by atoms with Crippen molar-refractivity contribution in [1.29, 1.82) is 0 Å². The first kappa shape index (κ1) is 30.3. The number of aromatic nitrogens is 1. The molecule has 8 heteroatoms. The highest BCUT2D eigenvalue weighted by Gasteiger charge is 2.39. The van der Waals surface area contributed by atoms with Gasteiger partial charge in [0, 0.05) is 12.0 Å². The van der Waals surface area contributed by atoms with E-state index in [1.807, 2.05) is 19.2 Å². The predicted octanol–water partition coefficient (Wildman–Crippen LogP) is 7.83. The van der Waals surface area contributed by atoms with Crippen LogP contribution in [-0.2, 0) is 18.6 Å². The van der Waals surface area contributed by atoms with Crippen LogP contribution in [0.4, 0.5) is 4.39 Å². The van der Waals surface area contributed by atoms with Crippen molar-refractivity contribution in [3.63, 3.8) is 0 Å². The number of thiazole rings is 1. The maximum atomic E-state index is 15.4. The molecule has 0 aromatic carbocycles.